The monoisotopic (exact) mass is 402 g/mol. The van der Waals surface area contributed by atoms with Gasteiger partial charge in [-0.1, -0.05) is 13.8 Å². The molecule has 9 atom stereocenters. The van der Waals surface area contributed by atoms with E-state index in [2.05, 4.69) is 13.8 Å². The molecule has 0 spiro atoms. The molecule has 4 aliphatic rings. The molecule has 0 radical (unpaired) electrons. The first-order chi connectivity index (χ1) is 13.7. The lowest BCUT2D eigenvalue weighted by atomic mass is 9.42. The van der Waals surface area contributed by atoms with Gasteiger partial charge in [-0.15, -0.1) is 0 Å². The summed E-state index contributed by atoms with van der Waals surface area (Å²) < 4.78 is 5.14. The van der Waals surface area contributed by atoms with Gasteiger partial charge < -0.3 is 19.7 Å². The maximum atomic E-state index is 12.2. The predicted octanol–water partition coefficient (Wildman–Crippen LogP) is 3.21. The van der Waals surface area contributed by atoms with Crippen molar-refractivity contribution in [3.05, 3.63) is 34.4 Å². The molecule has 3 unspecified atom stereocenters. The van der Waals surface area contributed by atoms with Gasteiger partial charge in [-0.05, 0) is 92.1 Å². The Balaban J connectivity index is 1.52. The van der Waals surface area contributed by atoms with Gasteiger partial charge in [0.2, 0.25) is 0 Å². The van der Waals surface area contributed by atoms with Crippen molar-refractivity contribution in [1.29, 1.82) is 0 Å². The van der Waals surface area contributed by atoms with E-state index in [1.54, 1.807) is 6.26 Å². The maximum absolute atomic E-state index is 12.2. The molecule has 5 nitrogen and oxygen atoms in total. The highest BCUT2D eigenvalue weighted by atomic mass is 16.4. The van der Waals surface area contributed by atoms with Crippen molar-refractivity contribution in [2.75, 3.05) is 0 Å². The molecular formula is C24H34O5. The molecule has 3 N–H and O–H groups in total. The van der Waals surface area contributed by atoms with Gasteiger partial charge in [-0.25, -0.2) is 4.79 Å². The third-order valence-corrected chi connectivity index (χ3v) is 9.89. The first-order valence-corrected chi connectivity index (χ1v) is 11.4. The van der Waals surface area contributed by atoms with Crippen LogP contribution in [0.5, 0.6) is 0 Å². The number of hydrogen-bond donors (Lipinski definition) is 3. The molecule has 5 heteroatoms. The van der Waals surface area contributed by atoms with E-state index in [4.69, 9.17) is 4.42 Å². The number of fused-ring (bicyclic) bond motifs is 5. The fraction of sp³-hybridized carbons (Fsp3) is 0.792. The summed E-state index contributed by atoms with van der Waals surface area (Å²) in [7, 11) is 0. The molecule has 0 amide bonds. The lowest BCUT2D eigenvalue weighted by Gasteiger charge is -2.65. The first-order valence-electron chi connectivity index (χ1n) is 11.4. The van der Waals surface area contributed by atoms with Crippen LogP contribution in [0.4, 0.5) is 0 Å². The van der Waals surface area contributed by atoms with Crippen molar-refractivity contribution in [2.45, 2.75) is 88.9 Å². The maximum Gasteiger partial charge on any atom is 0.335 e. The molecule has 160 valence electrons. The molecule has 0 bridgehead atoms. The zero-order chi connectivity index (χ0) is 20.6. The second kappa shape index (κ2) is 6.41. The highest BCUT2D eigenvalue weighted by Crippen LogP contribution is 2.70. The third kappa shape index (κ3) is 2.60. The van der Waals surface area contributed by atoms with E-state index in [0.717, 1.165) is 50.5 Å². The highest BCUT2D eigenvalue weighted by molar-refractivity contribution is 5.28. The molecule has 1 aromatic heterocycles. The zero-order valence-corrected chi connectivity index (χ0v) is 17.5. The minimum atomic E-state index is -0.818. The van der Waals surface area contributed by atoms with Crippen molar-refractivity contribution >= 4 is 0 Å². The standard InChI is InChI=1S/C24H34O5/c1-22-9-7-16(25)11-15(22)4-5-18-21(22)19(26)12-23(2)17(8-10-24(18,23)28)14-3-6-20(27)29-13-14/h3,6,13,15-19,21,25-26,28H,4-5,7-12H2,1-2H3/t15?,16-,17+,18?,19+,21?,22-,23+,24-/m0/s1. The smallest absolute Gasteiger partial charge is 0.335 e. The molecule has 29 heavy (non-hydrogen) atoms. The molecule has 0 aliphatic heterocycles. The van der Waals surface area contributed by atoms with Gasteiger partial charge in [-0.3, -0.25) is 0 Å². The van der Waals surface area contributed by atoms with Crippen molar-refractivity contribution in [1.82, 2.24) is 0 Å². The Bertz CT molecular complexity index is 829. The summed E-state index contributed by atoms with van der Waals surface area (Å²) in [5.41, 5.74) is -0.681. The minimum absolute atomic E-state index is 0.0176. The highest BCUT2D eigenvalue weighted by Gasteiger charge is 2.69. The van der Waals surface area contributed by atoms with E-state index < -0.39 is 17.1 Å². The van der Waals surface area contributed by atoms with Crippen LogP contribution < -0.4 is 5.63 Å². The van der Waals surface area contributed by atoms with Crippen LogP contribution in [0.2, 0.25) is 0 Å². The quantitative estimate of drug-likeness (QED) is 0.671. The van der Waals surface area contributed by atoms with Crippen LogP contribution in [0, 0.1) is 28.6 Å². The summed E-state index contributed by atoms with van der Waals surface area (Å²) in [6.07, 6.45) is 7.49. The van der Waals surface area contributed by atoms with Crippen molar-refractivity contribution in [3.63, 3.8) is 0 Å². The molecule has 5 rings (SSSR count). The molecule has 4 saturated carbocycles. The summed E-state index contributed by atoms with van der Waals surface area (Å²) in [6.45, 7) is 4.43. The molecule has 1 aromatic rings. The minimum Gasteiger partial charge on any atom is -0.431 e. The molecular weight excluding hydrogens is 368 g/mol. The zero-order valence-electron chi connectivity index (χ0n) is 17.5. The van der Waals surface area contributed by atoms with Gasteiger partial charge in [0, 0.05) is 11.5 Å². The van der Waals surface area contributed by atoms with E-state index in [-0.39, 0.29) is 34.9 Å². The second-order valence-electron chi connectivity index (χ2n) is 10.9. The summed E-state index contributed by atoms with van der Waals surface area (Å²) in [5, 5.41) is 33.8. The summed E-state index contributed by atoms with van der Waals surface area (Å²) >= 11 is 0. The van der Waals surface area contributed by atoms with Crippen LogP contribution in [0.1, 0.15) is 76.7 Å². The fourth-order valence-corrected chi connectivity index (χ4v) is 8.41. The van der Waals surface area contributed by atoms with E-state index in [1.807, 2.05) is 6.07 Å². The lowest BCUT2D eigenvalue weighted by Crippen LogP contribution is -2.66. The molecule has 4 aliphatic carbocycles. The van der Waals surface area contributed by atoms with E-state index in [9.17, 15) is 20.1 Å². The van der Waals surface area contributed by atoms with Crippen molar-refractivity contribution in [3.8, 4) is 0 Å². The van der Waals surface area contributed by atoms with Gasteiger partial charge in [0.25, 0.3) is 0 Å². The van der Waals surface area contributed by atoms with Gasteiger partial charge in [-0.2, -0.15) is 0 Å². The van der Waals surface area contributed by atoms with E-state index in [1.165, 1.54) is 6.07 Å². The molecule has 0 saturated heterocycles. The Hall–Kier alpha value is -1.17. The Kier molecular flexibility index (Phi) is 4.37. The third-order valence-electron chi connectivity index (χ3n) is 9.89. The summed E-state index contributed by atoms with van der Waals surface area (Å²) in [6, 6.07) is 3.28. The van der Waals surface area contributed by atoms with Gasteiger partial charge in [0.1, 0.15) is 0 Å². The number of hydrogen-bond acceptors (Lipinski definition) is 5. The topological polar surface area (TPSA) is 90.9 Å². The lowest BCUT2D eigenvalue weighted by molar-refractivity contribution is -0.239. The van der Waals surface area contributed by atoms with Gasteiger partial charge in [0.15, 0.2) is 0 Å². The molecule has 1 heterocycles. The number of aliphatic hydroxyl groups excluding tert-OH is 2. The van der Waals surface area contributed by atoms with Crippen LogP contribution in [0.25, 0.3) is 0 Å². The summed E-state index contributed by atoms with van der Waals surface area (Å²) in [5.74, 6) is 0.662. The molecule has 4 fully saturated rings. The average molecular weight is 403 g/mol. The van der Waals surface area contributed by atoms with Crippen LogP contribution in [0.15, 0.2) is 27.6 Å². The SMILES string of the molecule is C[C@]12CC[C@H](O)CC1CCC1C2[C@H](O)C[C@]2(C)[C@@H](c3ccc(=O)oc3)CC[C@]12O. The number of aliphatic hydroxyl groups is 3. The Morgan fingerprint density at radius 2 is 1.86 bits per heavy atom. The Labute approximate surface area is 172 Å². The average Bonchev–Trinajstić information content (AvgIpc) is 2.94. The Morgan fingerprint density at radius 1 is 1.07 bits per heavy atom. The number of rotatable bonds is 1. The van der Waals surface area contributed by atoms with Gasteiger partial charge in [0.05, 0.1) is 24.1 Å². The first kappa shape index (κ1) is 19.8. The van der Waals surface area contributed by atoms with E-state index in [0.29, 0.717) is 12.3 Å². The van der Waals surface area contributed by atoms with Crippen LogP contribution >= 0.6 is 0 Å². The van der Waals surface area contributed by atoms with Crippen molar-refractivity contribution in [2.24, 2.45) is 28.6 Å². The van der Waals surface area contributed by atoms with E-state index >= 15 is 0 Å². The van der Waals surface area contributed by atoms with Crippen LogP contribution in [-0.2, 0) is 0 Å². The fourth-order valence-electron chi connectivity index (χ4n) is 8.41. The van der Waals surface area contributed by atoms with Crippen molar-refractivity contribution < 1.29 is 19.7 Å². The van der Waals surface area contributed by atoms with Crippen LogP contribution in [0.3, 0.4) is 0 Å². The molecule has 0 aromatic carbocycles. The van der Waals surface area contributed by atoms with Crippen LogP contribution in [-0.4, -0.2) is 33.1 Å². The normalized spacial score (nSPS) is 51.8. The van der Waals surface area contributed by atoms with Gasteiger partial charge >= 0.3 is 5.63 Å². The second-order valence-corrected chi connectivity index (χ2v) is 10.9. The predicted molar refractivity (Wildman–Crippen MR) is 108 cm³/mol. The Morgan fingerprint density at radius 3 is 2.59 bits per heavy atom. The summed E-state index contributed by atoms with van der Waals surface area (Å²) in [4.78, 5) is 11.4. The largest absolute Gasteiger partial charge is 0.431 e.